The van der Waals surface area contributed by atoms with Crippen LogP contribution in [0.2, 0.25) is 0 Å². The zero-order valence-electron chi connectivity index (χ0n) is 7.24. The highest BCUT2D eigenvalue weighted by Crippen LogP contribution is 2.18. The van der Waals surface area contributed by atoms with Crippen molar-refractivity contribution in [2.75, 3.05) is 18.6 Å². The first-order chi connectivity index (χ1) is 5.45. The molecule has 0 aromatic rings. The van der Waals surface area contributed by atoms with Gasteiger partial charge in [0, 0.05) is 18.3 Å². The molecule has 1 unspecified atom stereocenters. The van der Waals surface area contributed by atoms with Crippen LogP contribution < -0.4 is 5.32 Å². The van der Waals surface area contributed by atoms with Gasteiger partial charge in [-0.2, -0.15) is 24.9 Å². The predicted molar refractivity (Wildman–Crippen MR) is 46.5 cm³/mol. The summed E-state index contributed by atoms with van der Waals surface area (Å²) in [5.41, 5.74) is 0. The summed E-state index contributed by atoms with van der Waals surface area (Å²) in [4.78, 5) is 0. The average Bonchev–Trinajstić information content (AvgIpc) is 1.84. The normalized spacial score (nSPS) is 14.8. The summed E-state index contributed by atoms with van der Waals surface area (Å²) in [5, 5.41) is 2.80. The molecule has 74 valence electrons. The van der Waals surface area contributed by atoms with Gasteiger partial charge >= 0.3 is 6.18 Å². The Labute approximate surface area is 75.1 Å². The first-order valence-corrected chi connectivity index (χ1v) is 5.14. The van der Waals surface area contributed by atoms with E-state index in [1.807, 2.05) is 13.2 Å². The molecule has 0 fully saturated rings. The van der Waals surface area contributed by atoms with E-state index in [9.17, 15) is 13.2 Å². The minimum absolute atomic E-state index is 0.0191. The third-order valence-electron chi connectivity index (χ3n) is 1.32. The third kappa shape index (κ3) is 8.20. The van der Waals surface area contributed by atoms with Crippen LogP contribution in [0.4, 0.5) is 13.2 Å². The van der Waals surface area contributed by atoms with Crippen LogP contribution in [-0.2, 0) is 0 Å². The van der Waals surface area contributed by atoms with Gasteiger partial charge in [-0.1, -0.05) is 0 Å². The number of thioether (sulfide) groups is 1. The molecule has 0 aliphatic carbocycles. The quantitative estimate of drug-likeness (QED) is 0.732. The highest BCUT2D eigenvalue weighted by Gasteiger charge is 2.26. The molecule has 0 spiro atoms. The van der Waals surface area contributed by atoms with Crippen LogP contribution in [0.25, 0.3) is 0 Å². The predicted octanol–water partition coefficient (Wildman–Crippen LogP) is 2.28. The van der Waals surface area contributed by atoms with E-state index in [0.717, 1.165) is 5.75 Å². The van der Waals surface area contributed by atoms with E-state index < -0.39 is 12.6 Å². The SMILES string of the molecule is CSCC(C)NCCC(F)(F)F. The Morgan fingerprint density at radius 3 is 2.42 bits per heavy atom. The molecule has 0 radical (unpaired) electrons. The summed E-state index contributed by atoms with van der Waals surface area (Å²) in [6, 6.07) is 0.155. The molecule has 0 aromatic carbocycles. The van der Waals surface area contributed by atoms with Gasteiger partial charge in [-0.3, -0.25) is 0 Å². The minimum atomic E-state index is -4.04. The van der Waals surface area contributed by atoms with E-state index in [4.69, 9.17) is 0 Å². The van der Waals surface area contributed by atoms with Gasteiger partial charge in [-0.05, 0) is 13.2 Å². The van der Waals surface area contributed by atoms with Crippen LogP contribution in [-0.4, -0.2) is 30.8 Å². The van der Waals surface area contributed by atoms with Gasteiger partial charge in [0.25, 0.3) is 0 Å². The Bertz CT molecular complexity index is 116. The smallest absolute Gasteiger partial charge is 0.313 e. The second kappa shape index (κ2) is 5.70. The fourth-order valence-corrected chi connectivity index (χ4v) is 1.39. The first kappa shape index (κ1) is 12.1. The van der Waals surface area contributed by atoms with Crippen molar-refractivity contribution in [3.63, 3.8) is 0 Å². The fourth-order valence-electron chi connectivity index (χ4n) is 0.769. The summed E-state index contributed by atoms with van der Waals surface area (Å²) in [6.07, 6.45) is -2.85. The Kier molecular flexibility index (Phi) is 5.74. The van der Waals surface area contributed by atoms with Crippen molar-refractivity contribution in [2.45, 2.75) is 25.6 Å². The summed E-state index contributed by atoms with van der Waals surface area (Å²) >= 11 is 1.62. The summed E-state index contributed by atoms with van der Waals surface area (Å²) < 4.78 is 34.9. The molecule has 0 heterocycles. The Morgan fingerprint density at radius 2 is 2.00 bits per heavy atom. The van der Waals surface area contributed by atoms with Gasteiger partial charge in [0.2, 0.25) is 0 Å². The molecule has 0 aromatic heterocycles. The van der Waals surface area contributed by atoms with Crippen LogP contribution in [0.15, 0.2) is 0 Å². The van der Waals surface area contributed by atoms with E-state index >= 15 is 0 Å². The molecule has 0 aliphatic rings. The monoisotopic (exact) mass is 201 g/mol. The van der Waals surface area contributed by atoms with Gasteiger partial charge in [-0.25, -0.2) is 0 Å². The van der Waals surface area contributed by atoms with E-state index in [1.165, 1.54) is 0 Å². The lowest BCUT2D eigenvalue weighted by atomic mass is 10.3. The molecular weight excluding hydrogens is 187 g/mol. The molecule has 1 atom stereocenters. The fraction of sp³-hybridized carbons (Fsp3) is 1.00. The van der Waals surface area contributed by atoms with Crippen molar-refractivity contribution in [1.82, 2.24) is 5.32 Å². The molecule has 1 N–H and O–H groups in total. The molecule has 5 heteroatoms. The molecule has 0 saturated carbocycles. The molecule has 0 aliphatic heterocycles. The highest BCUT2D eigenvalue weighted by atomic mass is 32.2. The maximum absolute atomic E-state index is 11.6. The number of hydrogen-bond acceptors (Lipinski definition) is 2. The van der Waals surface area contributed by atoms with E-state index in [0.29, 0.717) is 0 Å². The lowest BCUT2D eigenvalue weighted by Crippen LogP contribution is -2.31. The van der Waals surface area contributed by atoms with Crippen molar-refractivity contribution in [3.05, 3.63) is 0 Å². The molecule has 0 bridgehead atoms. The van der Waals surface area contributed by atoms with Gasteiger partial charge in [0.15, 0.2) is 0 Å². The van der Waals surface area contributed by atoms with E-state index in [1.54, 1.807) is 11.8 Å². The summed E-state index contributed by atoms with van der Waals surface area (Å²) in [7, 11) is 0. The molecule has 0 rings (SSSR count). The van der Waals surface area contributed by atoms with E-state index in [2.05, 4.69) is 5.32 Å². The standard InChI is InChI=1S/C7H14F3NS/c1-6(5-12-2)11-4-3-7(8,9)10/h6,11H,3-5H2,1-2H3. The zero-order valence-corrected chi connectivity index (χ0v) is 8.06. The van der Waals surface area contributed by atoms with Gasteiger partial charge in [0.05, 0.1) is 6.42 Å². The van der Waals surface area contributed by atoms with Gasteiger partial charge in [-0.15, -0.1) is 0 Å². The molecule has 12 heavy (non-hydrogen) atoms. The van der Waals surface area contributed by atoms with Crippen LogP contribution in [0.1, 0.15) is 13.3 Å². The third-order valence-corrected chi connectivity index (χ3v) is 2.15. The number of halogens is 3. The highest BCUT2D eigenvalue weighted by molar-refractivity contribution is 7.98. The van der Waals surface area contributed by atoms with Gasteiger partial charge < -0.3 is 5.32 Å². The Hall–Kier alpha value is 0.100. The topological polar surface area (TPSA) is 12.0 Å². The summed E-state index contributed by atoms with van der Waals surface area (Å²) in [5.74, 6) is 0.845. The van der Waals surface area contributed by atoms with Crippen LogP contribution in [0, 0.1) is 0 Å². The van der Waals surface area contributed by atoms with Crippen molar-refractivity contribution in [3.8, 4) is 0 Å². The van der Waals surface area contributed by atoms with Crippen LogP contribution >= 0.6 is 11.8 Å². The zero-order chi connectivity index (χ0) is 9.61. The lowest BCUT2D eigenvalue weighted by molar-refractivity contribution is -0.133. The second-order valence-corrected chi connectivity index (χ2v) is 3.59. The van der Waals surface area contributed by atoms with Crippen molar-refractivity contribution >= 4 is 11.8 Å². The average molecular weight is 201 g/mol. The maximum atomic E-state index is 11.6. The minimum Gasteiger partial charge on any atom is -0.313 e. The van der Waals surface area contributed by atoms with Crippen molar-refractivity contribution < 1.29 is 13.2 Å². The first-order valence-electron chi connectivity index (χ1n) is 3.75. The maximum Gasteiger partial charge on any atom is 0.390 e. The molecule has 1 nitrogen and oxygen atoms in total. The molecular formula is C7H14F3NS. The number of hydrogen-bond donors (Lipinski definition) is 1. The number of rotatable bonds is 5. The van der Waals surface area contributed by atoms with Gasteiger partial charge in [0.1, 0.15) is 0 Å². The van der Waals surface area contributed by atoms with Crippen LogP contribution in [0.3, 0.4) is 0 Å². The Morgan fingerprint density at radius 1 is 1.42 bits per heavy atom. The van der Waals surface area contributed by atoms with Crippen molar-refractivity contribution in [2.24, 2.45) is 0 Å². The lowest BCUT2D eigenvalue weighted by Gasteiger charge is -2.12. The molecule has 0 saturated heterocycles. The Balaban J connectivity index is 3.31. The van der Waals surface area contributed by atoms with Crippen LogP contribution in [0.5, 0.6) is 0 Å². The number of alkyl halides is 3. The molecule has 0 amide bonds. The van der Waals surface area contributed by atoms with Crippen molar-refractivity contribution in [1.29, 1.82) is 0 Å². The van der Waals surface area contributed by atoms with E-state index in [-0.39, 0.29) is 12.6 Å². The largest absolute Gasteiger partial charge is 0.390 e. The second-order valence-electron chi connectivity index (χ2n) is 2.68. The summed E-state index contributed by atoms with van der Waals surface area (Å²) in [6.45, 7) is 1.90. The number of nitrogens with one attached hydrogen (secondary N) is 1.